The van der Waals surface area contributed by atoms with Gasteiger partial charge in [-0.05, 0) is 36.5 Å². The Balaban J connectivity index is 2.56. The fraction of sp³-hybridized carbons (Fsp3) is 0.400. The van der Waals surface area contributed by atoms with Crippen molar-refractivity contribution in [2.45, 2.75) is 33.6 Å². The van der Waals surface area contributed by atoms with E-state index in [1.54, 1.807) is 6.07 Å². The lowest BCUT2D eigenvalue weighted by molar-refractivity contribution is 0.636. The number of nitrogens with one attached hydrogen (secondary N) is 1. The summed E-state index contributed by atoms with van der Waals surface area (Å²) in [7, 11) is 0. The molecule has 2 heteroatoms. The predicted octanol–water partition coefficient (Wildman–Crippen LogP) is 3.29. The molecular weight excluding hydrogens is 210 g/mol. The van der Waals surface area contributed by atoms with E-state index in [1.165, 1.54) is 5.56 Å². The Morgan fingerprint density at radius 3 is 2.65 bits per heavy atom. The number of hydrogen-bond acceptors (Lipinski definition) is 1. The van der Waals surface area contributed by atoms with Crippen LogP contribution < -0.4 is 5.43 Å². The molecule has 2 aromatic rings. The van der Waals surface area contributed by atoms with E-state index in [0.29, 0.717) is 5.92 Å². The van der Waals surface area contributed by atoms with Crippen molar-refractivity contribution < 1.29 is 0 Å². The highest BCUT2D eigenvalue weighted by Gasteiger charge is 2.04. The van der Waals surface area contributed by atoms with Crippen LogP contribution >= 0.6 is 0 Å². The molecule has 0 saturated heterocycles. The number of fused-ring (bicyclic) bond motifs is 1. The molecule has 0 saturated carbocycles. The van der Waals surface area contributed by atoms with Gasteiger partial charge in [0.1, 0.15) is 0 Å². The summed E-state index contributed by atoms with van der Waals surface area (Å²) in [5.74, 6) is 0.554. The topological polar surface area (TPSA) is 32.9 Å². The number of hydrogen-bond donors (Lipinski definition) is 1. The molecule has 0 amide bonds. The number of aromatic nitrogens is 1. The third-order valence-corrected chi connectivity index (χ3v) is 2.99. The molecule has 0 aliphatic heterocycles. The molecule has 0 radical (unpaired) electrons. The maximum atomic E-state index is 12.0. The van der Waals surface area contributed by atoms with Gasteiger partial charge in [0, 0.05) is 22.7 Å². The molecular formula is C15H19NO. The second kappa shape index (κ2) is 4.74. The van der Waals surface area contributed by atoms with E-state index in [9.17, 15) is 4.79 Å². The fourth-order valence-corrected chi connectivity index (χ4v) is 2.12. The minimum absolute atomic E-state index is 0.129. The van der Waals surface area contributed by atoms with E-state index in [2.05, 4.69) is 31.8 Å². The normalized spacial score (nSPS) is 11.3. The van der Waals surface area contributed by atoms with Gasteiger partial charge in [0.2, 0.25) is 0 Å². The van der Waals surface area contributed by atoms with Gasteiger partial charge in [-0.25, -0.2) is 0 Å². The summed E-state index contributed by atoms with van der Waals surface area (Å²) in [5.41, 5.74) is 3.32. The van der Waals surface area contributed by atoms with Crippen LogP contribution in [0.4, 0.5) is 0 Å². The SMILES string of the molecule is CCc1ccc2[nH]c(CC(C)C)cc(=O)c2c1. The lowest BCUT2D eigenvalue weighted by Crippen LogP contribution is -2.07. The highest BCUT2D eigenvalue weighted by atomic mass is 16.1. The molecule has 17 heavy (non-hydrogen) atoms. The molecule has 0 spiro atoms. The van der Waals surface area contributed by atoms with Gasteiger partial charge in [0.25, 0.3) is 0 Å². The Morgan fingerprint density at radius 2 is 2.00 bits per heavy atom. The van der Waals surface area contributed by atoms with Gasteiger partial charge in [0.05, 0.1) is 0 Å². The van der Waals surface area contributed by atoms with Crippen LogP contribution in [-0.4, -0.2) is 4.98 Å². The van der Waals surface area contributed by atoms with E-state index in [-0.39, 0.29) is 5.43 Å². The Hall–Kier alpha value is -1.57. The number of H-pyrrole nitrogens is 1. The van der Waals surface area contributed by atoms with E-state index in [1.807, 2.05) is 12.1 Å². The first-order valence-corrected chi connectivity index (χ1v) is 6.25. The van der Waals surface area contributed by atoms with E-state index < -0.39 is 0 Å². The summed E-state index contributed by atoms with van der Waals surface area (Å²) in [5, 5.41) is 0.803. The Morgan fingerprint density at radius 1 is 1.24 bits per heavy atom. The van der Waals surface area contributed by atoms with Crippen molar-refractivity contribution in [2.75, 3.05) is 0 Å². The lowest BCUT2D eigenvalue weighted by Gasteiger charge is -2.07. The summed E-state index contributed by atoms with van der Waals surface area (Å²) >= 11 is 0. The summed E-state index contributed by atoms with van der Waals surface area (Å²) in [6.07, 6.45) is 1.88. The minimum atomic E-state index is 0.129. The third-order valence-electron chi connectivity index (χ3n) is 2.99. The quantitative estimate of drug-likeness (QED) is 0.860. The van der Waals surface area contributed by atoms with Gasteiger partial charge in [-0.3, -0.25) is 4.79 Å². The molecule has 0 unspecified atom stereocenters. The minimum Gasteiger partial charge on any atom is -0.358 e. The van der Waals surface area contributed by atoms with Gasteiger partial charge in [-0.1, -0.05) is 26.8 Å². The van der Waals surface area contributed by atoms with Gasteiger partial charge in [-0.2, -0.15) is 0 Å². The first-order valence-electron chi connectivity index (χ1n) is 6.25. The lowest BCUT2D eigenvalue weighted by atomic mass is 10.0. The molecule has 90 valence electrons. The zero-order valence-corrected chi connectivity index (χ0v) is 10.7. The molecule has 1 heterocycles. The molecule has 0 atom stereocenters. The number of rotatable bonds is 3. The third kappa shape index (κ3) is 2.57. The molecule has 0 aliphatic rings. The Labute approximate surface area is 102 Å². The summed E-state index contributed by atoms with van der Waals surface area (Å²) in [6, 6.07) is 7.83. The number of aromatic amines is 1. The van der Waals surface area contributed by atoms with E-state index in [4.69, 9.17) is 0 Å². The first kappa shape index (κ1) is 11.9. The zero-order chi connectivity index (χ0) is 12.4. The van der Waals surface area contributed by atoms with Crippen molar-refractivity contribution >= 4 is 10.9 Å². The number of aryl methyl sites for hydroxylation is 1. The van der Waals surface area contributed by atoms with Crippen LogP contribution in [0.15, 0.2) is 29.1 Å². The maximum absolute atomic E-state index is 12.0. The highest BCUT2D eigenvalue weighted by Crippen LogP contribution is 2.13. The van der Waals surface area contributed by atoms with Crippen LogP contribution in [-0.2, 0) is 12.8 Å². The number of pyridine rings is 1. The van der Waals surface area contributed by atoms with Crippen LogP contribution in [0.2, 0.25) is 0 Å². The van der Waals surface area contributed by atoms with Crippen molar-refractivity contribution in [1.29, 1.82) is 0 Å². The molecule has 2 rings (SSSR count). The Kier molecular flexibility index (Phi) is 3.32. The smallest absolute Gasteiger partial charge is 0.189 e. The van der Waals surface area contributed by atoms with E-state index >= 15 is 0 Å². The van der Waals surface area contributed by atoms with Crippen molar-refractivity contribution in [2.24, 2.45) is 5.92 Å². The summed E-state index contributed by atoms with van der Waals surface area (Å²) in [4.78, 5) is 15.4. The van der Waals surface area contributed by atoms with Crippen LogP contribution in [0.5, 0.6) is 0 Å². The van der Waals surface area contributed by atoms with Gasteiger partial charge in [-0.15, -0.1) is 0 Å². The molecule has 1 aromatic carbocycles. The summed E-state index contributed by atoms with van der Waals surface area (Å²) < 4.78 is 0. The standard InChI is InChI=1S/C15H19NO/c1-4-11-5-6-14-13(8-11)15(17)9-12(16-14)7-10(2)3/h5-6,8-10H,4,7H2,1-3H3,(H,16,17). The van der Waals surface area contributed by atoms with E-state index in [0.717, 1.165) is 29.4 Å². The molecule has 1 N–H and O–H groups in total. The highest BCUT2D eigenvalue weighted by molar-refractivity contribution is 5.79. The van der Waals surface area contributed by atoms with Gasteiger partial charge in [0.15, 0.2) is 5.43 Å². The van der Waals surface area contributed by atoms with Crippen molar-refractivity contribution in [3.63, 3.8) is 0 Å². The van der Waals surface area contributed by atoms with Gasteiger partial charge < -0.3 is 4.98 Å². The zero-order valence-electron chi connectivity index (χ0n) is 10.7. The predicted molar refractivity (Wildman–Crippen MR) is 72.5 cm³/mol. The van der Waals surface area contributed by atoms with Crippen LogP contribution in [0.25, 0.3) is 10.9 Å². The van der Waals surface area contributed by atoms with Crippen LogP contribution in [0, 0.1) is 5.92 Å². The second-order valence-corrected chi connectivity index (χ2v) is 4.99. The first-order chi connectivity index (χ1) is 8.10. The van der Waals surface area contributed by atoms with Crippen LogP contribution in [0.3, 0.4) is 0 Å². The number of benzene rings is 1. The van der Waals surface area contributed by atoms with Crippen molar-refractivity contribution in [1.82, 2.24) is 4.98 Å². The van der Waals surface area contributed by atoms with Crippen molar-refractivity contribution in [3.05, 3.63) is 45.7 Å². The monoisotopic (exact) mass is 229 g/mol. The molecule has 0 bridgehead atoms. The fourth-order valence-electron chi connectivity index (χ4n) is 2.12. The molecule has 1 aromatic heterocycles. The average Bonchev–Trinajstić information content (AvgIpc) is 2.28. The summed E-state index contributed by atoms with van der Waals surface area (Å²) in [6.45, 7) is 6.41. The second-order valence-electron chi connectivity index (χ2n) is 4.99. The van der Waals surface area contributed by atoms with Crippen LogP contribution in [0.1, 0.15) is 32.0 Å². The Bertz CT molecular complexity index is 581. The van der Waals surface area contributed by atoms with Gasteiger partial charge >= 0.3 is 0 Å². The largest absolute Gasteiger partial charge is 0.358 e. The molecule has 0 fully saturated rings. The van der Waals surface area contributed by atoms with Crippen molar-refractivity contribution in [3.8, 4) is 0 Å². The average molecular weight is 229 g/mol. The molecule has 2 nitrogen and oxygen atoms in total. The molecule has 0 aliphatic carbocycles. The maximum Gasteiger partial charge on any atom is 0.189 e.